The molecule has 0 heterocycles. The molecular weight excluding hydrogens is 567 g/mol. The Bertz CT molecular complexity index is 742. The molecule has 0 saturated carbocycles. The normalized spacial score (nSPS) is 11.0. The van der Waals surface area contributed by atoms with E-state index in [2.05, 4.69) is 13.8 Å². The molecule has 0 aromatic carbocycles. The fourth-order valence-electron chi connectivity index (χ4n) is 3.16. The number of esters is 2. The zero-order valence-corrected chi connectivity index (χ0v) is 25.8. The van der Waals surface area contributed by atoms with Gasteiger partial charge in [0.1, 0.15) is 0 Å². The van der Waals surface area contributed by atoms with Crippen LogP contribution in [0.1, 0.15) is 137 Å². The number of ether oxygens (including phenoxy) is 2. The van der Waals surface area contributed by atoms with Crippen LogP contribution in [-0.4, -0.2) is 95.1 Å². The minimum atomic E-state index is -4.73. The van der Waals surface area contributed by atoms with E-state index in [1.54, 1.807) is 0 Å². The monoisotopic (exact) mass is 622 g/mol. The number of hydrogen-bond donors (Lipinski definition) is 3. The van der Waals surface area contributed by atoms with Gasteiger partial charge in [0.2, 0.25) is 0 Å². The summed E-state index contributed by atoms with van der Waals surface area (Å²) in [5, 5.41) is 13.9. The molecule has 13 heteroatoms. The molecule has 0 rings (SSSR count). The zero-order valence-electron chi connectivity index (χ0n) is 25.0. The molecule has 3 N–H and O–H groups in total. The average molecular weight is 623 g/mol. The van der Waals surface area contributed by atoms with Gasteiger partial charge in [-0.05, 0) is 25.7 Å². The number of carboxylic acid groups (broad SMARTS) is 2. The van der Waals surface area contributed by atoms with Crippen molar-refractivity contribution in [2.45, 2.75) is 142 Å². The van der Waals surface area contributed by atoms with Crippen LogP contribution in [0.2, 0.25) is 0 Å². The fraction of sp³-hybridized carbons (Fsp3) is 0.857. The summed E-state index contributed by atoms with van der Waals surface area (Å²) in [6.07, 6.45) is 13.4. The van der Waals surface area contributed by atoms with Crippen molar-refractivity contribution in [3.8, 4) is 0 Å². The summed E-state index contributed by atoms with van der Waals surface area (Å²) >= 11 is 0. The minimum absolute atomic E-state index is 0. The summed E-state index contributed by atoms with van der Waals surface area (Å²) in [5.74, 6) is -3.35. The van der Waals surface area contributed by atoms with E-state index in [-0.39, 0.29) is 42.8 Å². The van der Waals surface area contributed by atoms with Crippen LogP contribution in [-0.2, 0) is 38.8 Å². The second-order valence-corrected chi connectivity index (χ2v) is 11.0. The molecule has 0 aliphatic heterocycles. The molecular formula is C28H55NaO11S. The Labute approximate surface area is 269 Å². The van der Waals surface area contributed by atoms with Crippen molar-refractivity contribution in [2.24, 2.45) is 0 Å². The Morgan fingerprint density at radius 2 is 0.976 bits per heavy atom. The average Bonchev–Trinajstić information content (AvgIpc) is 2.86. The number of carboxylic acids is 2. The van der Waals surface area contributed by atoms with Crippen LogP contribution in [0.25, 0.3) is 0 Å². The Hall–Kier alpha value is -1.21. The Morgan fingerprint density at radius 3 is 1.29 bits per heavy atom. The van der Waals surface area contributed by atoms with Gasteiger partial charge in [0.05, 0.1) is 19.6 Å². The summed E-state index contributed by atoms with van der Waals surface area (Å²) in [6.45, 7) is 8.18. The van der Waals surface area contributed by atoms with Gasteiger partial charge in [-0.1, -0.05) is 91.9 Å². The fourth-order valence-corrected chi connectivity index (χ4v) is 3.82. The maximum atomic E-state index is 12.0. The van der Waals surface area contributed by atoms with E-state index < -0.39 is 45.7 Å². The van der Waals surface area contributed by atoms with Crippen molar-refractivity contribution in [3.63, 3.8) is 0 Å². The molecule has 0 fully saturated rings. The van der Waals surface area contributed by atoms with Gasteiger partial charge in [-0.3, -0.25) is 23.7 Å². The molecule has 1 unspecified atom stereocenters. The SMILES string of the molecule is CCCC(=O)O.CCCC(=O)O.CCCCCCCCOC(=O)CC(C(=O)OCCCCCCCC)S(=O)(=O)O.[NaH]. The van der Waals surface area contributed by atoms with Crippen molar-refractivity contribution in [1.29, 1.82) is 0 Å². The van der Waals surface area contributed by atoms with E-state index >= 15 is 0 Å². The molecule has 0 saturated heterocycles. The molecule has 1 atom stereocenters. The van der Waals surface area contributed by atoms with Gasteiger partial charge in [-0.15, -0.1) is 0 Å². The van der Waals surface area contributed by atoms with Gasteiger partial charge in [-0.25, -0.2) is 0 Å². The Balaban J connectivity index is -0.000000437. The van der Waals surface area contributed by atoms with Crippen LogP contribution in [0.3, 0.4) is 0 Å². The predicted octanol–water partition coefficient (Wildman–Crippen LogP) is 5.53. The Morgan fingerprint density at radius 1 is 0.610 bits per heavy atom. The van der Waals surface area contributed by atoms with Crippen molar-refractivity contribution < 1.29 is 51.8 Å². The van der Waals surface area contributed by atoms with Gasteiger partial charge in [0, 0.05) is 12.8 Å². The number of rotatable bonds is 22. The van der Waals surface area contributed by atoms with Crippen molar-refractivity contribution in [3.05, 3.63) is 0 Å². The number of carbonyl (C=O) groups is 4. The van der Waals surface area contributed by atoms with Gasteiger partial charge in [0.15, 0.2) is 5.25 Å². The molecule has 0 aliphatic carbocycles. The first-order chi connectivity index (χ1) is 18.9. The molecule has 0 aromatic rings. The molecule has 0 spiro atoms. The van der Waals surface area contributed by atoms with E-state index in [4.69, 9.17) is 19.7 Å². The molecule has 240 valence electrons. The summed E-state index contributed by atoms with van der Waals surface area (Å²) in [6, 6.07) is 0. The van der Waals surface area contributed by atoms with Gasteiger partial charge in [-0.2, -0.15) is 8.42 Å². The van der Waals surface area contributed by atoms with Crippen LogP contribution in [0.5, 0.6) is 0 Å². The summed E-state index contributed by atoms with van der Waals surface area (Å²) < 4.78 is 42.0. The number of unbranched alkanes of at least 4 members (excludes halogenated alkanes) is 10. The van der Waals surface area contributed by atoms with Crippen LogP contribution < -0.4 is 0 Å². The molecule has 0 aliphatic rings. The molecule has 0 amide bonds. The van der Waals surface area contributed by atoms with E-state index in [1.807, 2.05) is 13.8 Å². The Kier molecular flexibility index (Phi) is 38.0. The predicted molar refractivity (Wildman–Crippen MR) is 161 cm³/mol. The van der Waals surface area contributed by atoms with Crippen LogP contribution >= 0.6 is 0 Å². The third kappa shape index (κ3) is 38.8. The van der Waals surface area contributed by atoms with Gasteiger partial charge < -0.3 is 19.7 Å². The summed E-state index contributed by atoms with van der Waals surface area (Å²) in [4.78, 5) is 43.0. The summed E-state index contributed by atoms with van der Waals surface area (Å²) in [5.41, 5.74) is 0. The molecule has 11 nitrogen and oxygen atoms in total. The second kappa shape index (κ2) is 33.3. The number of aliphatic carboxylic acids is 2. The van der Waals surface area contributed by atoms with Gasteiger partial charge in [0.25, 0.3) is 10.1 Å². The van der Waals surface area contributed by atoms with Crippen molar-refractivity contribution >= 4 is 63.6 Å². The molecule has 41 heavy (non-hydrogen) atoms. The van der Waals surface area contributed by atoms with Crippen LogP contribution in [0, 0.1) is 0 Å². The molecule has 0 radical (unpaired) electrons. The third-order valence-electron chi connectivity index (χ3n) is 5.41. The molecule has 0 bridgehead atoms. The van der Waals surface area contributed by atoms with Crippen molar-refractivity contribution in [1.82, 2.24) is 0 Å². The van der Waals surface area contributed by atoms with Crippen LogP contribution in [0.4, 0.5) is 0 Å². The number of hydrogen-bond acceptors (Lipinski definition) is 8. The topological polar surface area (TPSA) is 182 Å². The first-order valence-electron chi connectivity index (χ1n) is 14.6. The van der Waals surface area contributed by atoms with E-state index in [1.165, 1.54) is 6.42 Å². The van der Waals surface area contributed by atoms with E-state index in [9.17, 15) is 32.1 Å². The zero-order chi connectivity index (χ0) is 31.2. The summed E-state index contributed by atoms with van der Waals surface area (Å²) in [7, 11) is -4.73. The van der Waals surface area contributed by atoms with Crippen LogP contribution in [0.15, 0.2) is 0 Å². The second-order valence-electron chi connectivity index (χ2n) is 9.42. The maximum absolute atomic E-state index is 12.0. The van der Waals surface area contributed by atoms with Crippen molar-refractivity contribution in [2.75, 3.05) is 13.2 Å². The quantitative estimate of drug-likeness (QED) is 0.0597. The molecule has 0 aromatic heterocycles. The van der Waals surface area contributed by atoms with Gasteiger partial charge >= 0.3 is 53.4 Å². The first-order valence-corrected chi connectivity index (χ1v) is 16.1. The standard InChI is InChI=1S/C20H38O7S.2C4H8O2.Na.H/c1-3-5-7-9-11-13-15-26-19(21)17-18(28(23,24)25)20(22)27-16-14-12-10-8-6-4-2;2*1-2-3-4(5)6;;/h18H,3-17H2,1-2H3,(H,23,24,25);2*2-3H2,1H3,(H,5,6);;. The first kappa shape index (κ1) is 46.7. The van der Waals surface area contributed by atoms with E-state index in [0.717, 1.165) is 70.6 Å². The number of carbonyl (C=O) groups excluding carboxylic acids is 2. The van der Waals surface area contributed by atoms with E-state index in [0.29, 0.717) is 25.7 Å². The third-order valence-corrected chi connectivity index (χ3v) is 6.48.